The molecule has 0 N–H and O–H groups in total. The minimum Gasteiger partial charge on any atom is -0.490 e. The summed E-state index contributed by atoms with van der Waals surface area (Å²) in [6.45, 7) is 2.64. The van der Waals surface area contributed by atoms with Gasteiger partial charge in [0.05, 0.1) is 21.8 Å². The van der Waals surface area contributed by atoms with Crippen LogP contribution < -0.4 is 9.47 Å². The van der Waals surface area contributed by atoms with Crippen LogP contribution in [0.25, 0.3) is 11.6 Å². The monoisotopic (exact) mass is 533 g/mol. The summed E-state index contributed by atoms with van der Waals surface area (Å²) < 4.78 is 25.7. The maximum Gasteiger partial charge on any atom is 0.175 e. The lowest BCUT2D eigenvalue weighted by Crippen LogP contribution is -2.02. The third-order valence-corrected chi connectivity index (χ3v) is 5.35. The number of halogens is 3. The predicted octanol–water partition coefficient (Wildman–Crippen LogP) is 7.13. The fourth-order valence-corrected chi connectivity index (χ4v) is 3.85. The van der Waals surface area contributed by atoms with E-state index in [1.54, 1.807) is 24.3 Å². The Morgan fingerprint density at radius 1 is 1.13 bits per heavy atom. The van der Waals surface area contributed by atoms with E-state index in [0.717, 1.165) is 14.7 Å². The largest absolute Gasteiger partial charge is 0.490 e. The van der Waals surface area contributed by atoms with Crippen molar-refractivity contribution >= 4 is 45.8 Å². The first-order valence-electron chi connectivity index (χ1n) is 9.22. The van der Waals surface area contributed by atoms with Crippen molar-refractivity contribution in [1.29, 1.82) is 5.26 Å². The van der Waals surface area contributed by atoms with Gasteiger partial charge in [0.15, 0.2) is 11.5 Å². The highest BCUT2D eigenvalue weighted by molar-refractivity contribution is 14.1. The predicted molar refractivity (Wildman–Crippen MR) is 126 cm³/mol. The highest BCUT2D eigenvalue weighted by Gasteiger charge is 2.13. The summed E-state index contributed by atoms with van der Waals surface area (Å²) in [4.78, 5) is 0. The fraction of sp³-hybridized carbons (Fsp3) is 0.125. The van der Waals surface area contributed by atoms with Crippen molar-refractivity contribution in [3.8, 4) is 17.6 Å². The average molecular weight is 534 g/mol. The van der Waals surface area contributed by atoms with Crippen molar-refractivity contribution in [1.82, 2.24) is 0 Å². The second-order valence-corrected chi connectivity index (χ2v) is 7.90. The van der Waals surface area contributed by atoms with E-state index in [-0.39, 0.29) is 12.4 Å². The lowest BCUT2D eigenvalue weighted by atomic mass is 10.0. The zero-order valence-corrected chi connectivity index (χ0v) is 19.1. The third kappa shape index (κ3) is 5.53. The molecule has 0 saturated heterocycles. The van der Waals surface area contributed by atoms with Gasteiger partial charge in [-0.15, -0.1) is 0 Å². The highest BCUT2D eigenvalue weighted by atomic mass is 127. The topological polar surface area (TPSA) is 42.2 Å². The Balaban J connectivity index is 1.93. The van der Waals surface area contributed by atoms with Crippen LogP contribution in [0.15, 0.2) is 60.7 Å². The van der Waals surface area contributed by atoms with Crippen molar-refractivity contribution in [3.05, 3.63) is 91.8 Å². The molecule has 0 aromatic heterocycles. The summed E-state index contributed by atoms with van der Waals surface area (Å²) in [6, 6.07) is 19.4. The van der Waals surface area contributed by atoms with Crippen molar-refractivity contribution < 1.29 is 13.9 Å². The number of nitrogens with zero attached hydrogens (tertiary/aromatic N) is 1. The molecule has 3 aromatic carbocycles. The molecule has 0 heterocycles. The van der Waals surface area contributed by atoms with Gasteiger partial charge in [0.25, 0.3) is 0 Å². The Hall–Kier alpha value is -2.56. The highest BCUT2D eigenvalue weighted by Crippen LogP contribution is 2.36. The SMILES string of the molecule is CCOc1cc(C=C(C#N)c2ccccc2Cl)cc(I)c1OCc1ccc(F)cc1. The van der Waals surface area contributed by atoms with Gasteiger partial charge in [-0.1, -0.05) is 41.9 Å². The van der Waals surface area contributed by atoms with Gasteiger partial charge in [0.1, 0.15) is 12.4 Å². The van der Waals surface area contributed by atoms with E-state index in [1.165, 1.54) is 12.1 Å². The molecule has 3 nitrogen and oxygen atoms in total. The van der Waals surface area contributed by atoms with Gasteiger partial charge < -0.3 is 9.47 Å². The van der Waals surface area contributed by atoms with E-state index in [4.69, 9.17) is 21.1 Å². The van der Waals surface area contributed by atoms with Crippen LogP contribution in [0, 0.1) is 20.7 Å². The summed E-state index contributed by atoms with van der Waals surface area (Å²) >= 11 is 8.43. The molecule has 0 aliphatic heterocycles. The lowest BCUT2D eigenvalue weighted by Gasteiger charge is -2.15. The van der Waals surface area contributed by atoms with Crippen molar-refractivity contribution in [2.24, 2.45) is 0 Å². The standard InChI is InChI=1S/C24H18ClFINO2/c1-2-29-23-13-17(11-18(14-28)20-5-3-4-6-21(20)25)12-22(27)24(23)30-15-16-7-9-19(26)10-8-16/h3-13H,2,15H2,1H3. The minimum atomic E-state index is -0.286. The molecule has 0 unspecified atom stereocenters. The number of nitriles is 1. The van der Waals surface area contributed by atoms with Crippen LogP contribution in [0.3, 0.4) is 0 Å². The van der Waals surface area contributed by atoms with Crippen molar-refractivity contribution in [2.75, 3.05) is 6.61 Å². The third-order valence-electron chi connectivity index (χ3n) is 4.22. The normalized spacial score (nSPS) is 11.1. The fourth-order valence-electron chi connectivity index (χ4n) is 2.83. The van der Waals surface area contributed by atoms with Crippen LogP contribution in [0.2, 0.25) is 5.02 Å². The number of rotatable bonds is 7. The number of hydrogen-bond acceptors (Lipinski definition) is 3. The van der Waals surface area contributed by atoms with Gasteiger partial charge in [-0.2, -0.15) is 5.26 Å². The summed E-state index contributed by atoms with van der Waals surface area (Å²) in [5.74, 6) is 0.899. The molecule has 6 heteroatoms. The van der Waals surface area contributed by atoms with Gasteiger partial charge in [-0.05, 0) is 77.0 Å². The van der Waals surface area contributed by atoms with Crippen molar-refractivity contribution in [3.63, 3.8) is 0 Å². The van der Waals surface area contributed by atoms with Crippen LogP contribution in [0.5, 0.6) is 11.5 Å². The smallest absolute Gasteiger partial charge is 0.175 e. The summed E-state index contributed by atoms with van der Waals surface area (Å²) in [6.07, 6.45) is 1.77. The van der Waals surface area contributed by atoms with Gasteiger partial charge in [-0.3, -0.25) is 0 Å². The Labute approximate surface area is 193 Å². The summed E-state index contributed by atoms with van der Waals surface area (Å²) in [5.41, 5.74) is 2.78. The van der Waals surface area contributed by atoms with Crippen LogP contribution >= 0.6 is 34.2 Å². The molecule has 0 radical (unpaired) electrons. The number of allylic oxidation sites excluding steroid dienone is 1. The first-order chi connectivity index (χ1) is 14.5. The molecule has 3 aromatic rings. The minimum absolute atomic E-state index is 0.286. The van der Waals surface area contributed by atoms with Gasteiger partial charge in [0.2, 0.25) is 0 Å². The summed E-state index contributed by atoms with van der Waals surface area (Å²) in [7, 11) is 0. The molecular weight excluding hydrogens is 516 g/mol. The number of hydrogen-bond donors (Lipinski definition) is 0. The van der Waals surface area contributed by atoms with E-state index in [9.17, 15) is 9.65 Å². The molecule has 0 aliphatic carbocycles. The van der Waals surface area contributed by atoms with Crippen LogP contribution in [0.4, 0.5) is 4.39 Å². The molecule has 30 heavy (non-hydrogen) atoms. The molecule has 0 spiro atoms. The van der Waals surface area contributed by atoms with Gasteiger partial charge >= 0.3 is 0 Å². The Bertz CT molecular complexity index is 1110. The van der Waals surface area contributed by atoms with E-state index in [1.807, 2.05) is 37.3 Å². The average Bonchev–Trinajstić information content (AvgIpc) is 2.73. The molecule has 0 fully saturated rings. The molecule has 0 amide bonds. The molecule has 3 rings (SSSR count). The van der Waals surface area contributed by atoms with Crippen molar-refractivity contribution in [2.45, 2.75) is 13.5 Å². The maximum atomic E-state index is 13.1. The molecular formula is C24H18ClFINO2. The van der Waals surface area contributed by atoms with E-state index in [2.05, 4.69) is 28.7 Å². The second kappa shape index (κ2) is 10.5. The maximum absolute atomic E-state index is 13.1. The Morgan fingerprint density at radius 2 is 1.87 bits per heavy atom. The molecule has 0 bridgehead atoms. The first kappa shape index (κ1) is 22.1. The first-order valence-corrected chi connectivity index (χ1v) is 10.7. The second-order valence-electron chi connectivity index (χ2n) is 6.33. The Kier molecular flexibility index (Phi) is 7.72. The van der Waals surface area contributed by atoms with E-state index >= 15 is 0 Å². The van der Waals surface area contributed by atoms with Crippen LogP contribution in [-0.2, 0) is 6.61 Å². The van der Waals surface area contributed by atoms with E-state index < -0.39 is 0 Å². The Morgan fingerprint density at radius 3 is 2.53 bits per heavy atom. The van der Waals surface area contributed by atoms with Gasteiger partial charge in [-0.25, -0.2) is 4.39 Å². The molecule has 0 saturated carbocycles. The summed E-state index contributed by atoms with van der Waals surface area (Å²) in [5, 5.41) is 10.1. The number of ether oxygens (including phenoxy) is 2. The number of benzene rings is 3. The lowest BCUT2D eigenvalue weighted by molar-refractivity contribution is 0.267. The zero-order valence-electron chi connectivity index (χ0n) is 16.2. The molecule has 152 valence electrons. The molecule has 0 atom stereocenters. The zero-order chi connectivity index (χ0) is 21.5. The van der Waals surface area contributed by atoms with Gasteiger partial charge in [0, 0.05) is 10.6 Å². The molecule has 0 aliphatic rings. The van der Waals surface area contributed by atoms with Crippen LogP contribution in [-0.4, -0.2) is 6.61 Å². The van der Waals surface area contributed by atoms with Crippen LogP contribution in [0.1, 0.15) is 23.6 Å². The quantitative estimate of drug-likeness (QED) is 0.184. The van der Waals surface area contributed by atoms with E-state index in [0.29, 0.717) is 34.3 Å².